The van der Waals surface area contributed by atoms with E-state index in [-0.39, 0.29) is 11.8 Å². The number of halogens is 1. The van der Waals surface area contributed by atoms with Crippen molar-refractivity contribution < 1.29 is 4.79 Å². The van der Waals surface area contributed by atoms with Crippen molar-refractivity contribution in [1.29, 1.82) is 0 Å². The van der Waals surface area contributed by atoms with Crippen molar-refractivity contribution in [3.63, 3.8) is 0 Å². The molecule has 0 radical (unpaired) electrons. The molecule has 0 saturated heterocycles. The lowest BCUT2D eigenvalue weighted by atomic mass is 9.84. The summed E-state index contributed by atoms with van der Waals surface area (Å²) in [4.78, 5) is 15.0. The van der Waals surface area contributed by atoms with Crippen molar-refractivity contribution in [3.8, 4) is 0 Å². The molecular weight excluding hydrogens is 270 g/mol. The maximum absolute atomic E-state index is 13.0. The maximum Gasteiger partial charge on any atom is 0.230 e. The summed E-state index contributed by atoms with van der Waals surface area (Å²) in [5, 5.41) is 0. The van der Waals surface area contributed by atoms with E-state index in [4.69, 9.17) is 11.6 Å². The third-order valence-corrected chi connectivity index (χ3v) is 4.40. The summed E-state index contributed by atoms with van der Waals surface area (Å²) in [5.41, 5.74) is 1.13. The molecule has 3 heteroatoms. The van der Waals surface area contributed by atoms with Gasteiger partial charge < -0.3 is 4.90 Å². The van der Waals surface area contributed by atoms with Gasteiger partial charge in [-0.05, 0) is 24.3 Å². The fourth-order valence-corrected chi connectivity index (χ4v) is 2.92. The molecule has 110 valence electrons. The molecule has 2 unspecified atom stereocenters. The van der Waals surface area contributed by atoms with Crippen LogP contribution in [0.4, 0.5) is 0 Å². The van der Waals surface area contributed by atoms with E-state index in [0.717, 1.165) is 24.8 Å². The summed E-state index contributed by atoms with van der Waals surface area (Å²) in [6.07, 6.45) is 3.26. The van der Waals surface area contributed by atoms with E-state index in [2.05, 4.69) is 26.0 Å². The molecule has 1 amide bonds. The van der Waals surface area contributed by atoms with Crippen LogP contribution in [-0.4, -0.2) is 29.3 Å². The minimum Gasteiger partial charge on any atom is -0.338 e. The van der Waals surface area contributed by atoms with Gasteiger partial charge in [-0.25, -0.2) is 0 Å². The second kappa shape index (κ2) is 7.12. The predicted molar refractivity (Wildman–Crippen MR) is 84.1 cm³/mol. The van der Waals surface area contributed by atoms with Crippen LogP contribution in [0.5, 0.6) is 0 Å². The summed E-state index contributed by atoms with van der Waals surface area (Å²) in [6, 6.07) is 10.6. The molecule has 0 bridgehead atoms. The molecule has 2 rings (SSSR count). The van der Waals surface area contributed by atoms with Crippen LogP contribution < -0.4 is 0 Å². The van der Waals surface area contributed by atoms with Gasteiger partial charge in [-0.1, -0.05) is 50.6 Å². The van der Waals surface area contributed by atoms with Crippen molar-refractivity contribution in [3.05, 3.63) is 35.9 Å². The first-order valence-electron chi connectivity index (χ1n) is 7.60. The Morgan fingerprint density at radius 1 is 1.35 bits per heavy atom. The van der Waals surface area contributed by atoms with E-state index >= 15 is 0 Å². The minimum absolute atomic E-state index is 0.0370. The summed E-state index contributed by atoms with van der Waals surface area (Å²) in [5.74, 6) is 1.09. The first kappa shape index (κ1) is 15.4. The van der Waals surface area contributed by atoms with Crippen LogP contribution in [0.1, 0.15) is 44.6 Å². The van der Waals surface area contributed by atoms with Crippen LogP contribution in [0.3, 0.4) is 0 Å². The highest BCUT2D eigenvalue weighted by Crippen LogP contribution is 2.34. The van der Waals surface area contributed by atoms with Crippen LogP contribution in [0.15, 0.2) is 30.3 Å². The second-order valence-electron chi connectivity index (χ2n) is 5.73. The molecule has 1 aliphatic rings. The number of benzene rings is 1. The van der Waals surface area contributed by atoms with Gasteiger partial charge in [-0.3, -0.25) is 4.79 Å². The maximum atomic E-state index is 13.0. The predicted octanol–water partition coefficient (Wildman–Crippen LogP) is 4.05. The molecule has 20 heavy (non-hydrogen) atoms. The van der Waals surface area contributed by atoms with Gasteiger partial charge in [0.1, 0.15) is 0 Å². The number of hydrogen-bond donors (Lipinski definition) is 0. The highest BCUT2D eigenvalue weighted by Gasteiger charge is 2.37. The quantitative estimate of drug-likeness (QED) is 0.695. The molecule has 2 nitrogen and oxygen atoms in total. The molecule has 0 N–H and O–H groups in total. The number of hydrogen-bond acceptors (Lipinski definition) is 1. The fraction of sp³-hybridized carbons (Fsp3) is 0.588. The highest BCUT2D eigenvalue weighted by atomic mass is 35.5. The topological polar surface area (TPSA) is 20.3 Å². The van der Waals surface area contributed by atoms with Crippen molar-refractivity contribution in [2.45, 2.75) is 45.1 Å². The molecule has 1 aromatic rings. The van der Waals surface area contributed by atoms with Crippen molar-refractivity contribution in [2.24, 2.45) is 5.92 Å². The van der Waals surface area contributed by atoms with Crippen LogP contribution in [0, 0.1) is 5.92 Å². The lowest BCUT2D eigenvalue weighted by Crippen LogP contribution is -2.40. The Hall–Kier alpha value is -1.02. The monoisotopic (exact) mass is 293 g/mol. The third-order valence-electron chi connectivity index (χ3n) is 4.23. The second-order valence-corrected chi connectivity index (χ2v) is 6.10. The molecule has 1 saturated carbocycles. The van der Waals surface area contributed by atoms with Gasteiger partial charge in [0, 0.05) is 18.5 Å². The summed E-state index contributed by atoms with van der Waals surface area (Å²) in [6.45, 7) is 4.99. The van der Waals surface area contributed by atoms with E-state index in [9.17, 15) is 4.79 Å². The first-order chi connectivity index (χ1) is 9.69. The Bertz CT molecular complexity index is 430. The summed E-state index contributed by atoms with van der Waals surface area (Å²) >= 11 is 5.88. The van der Waals surface area contributed by atoms with Gasteiger partial charge in [0.15, 0.2) is 0 Å². The van der Waals surface area contributed by atoms with Crippen molar-refractivity contribution in [1.82, 2.24) is 4.90 Å². The standard InChI is InChI=1S/C17H24ClNO/c1-3-13(2)16(14-7-5-4-6-8-14)17(20)19(12-11-18)15-9-10-15/h4-8,13,15-16H,3,9-12H2,1-2H3. The van der Waals surface area contributed by atoms with Crippen LogP contribution in [-0.2, 0) is 4.79 Å². The Labute approximate surface area is 127 Å². The third kappa shape index (κ3) is 3.54. The van der Waals surface area contributed by atoms with E-state index in [1.807, 2.05) is 23.1 Å². The zero-order chi connectivity index (χ0) is 14.5. The van der Waals surface area contributed by atoms with Gasteiger partial charge in [0.25, 0.3) is 0 Å². The lowest BCUT2D eigenvalue weighted by molar-refractivity contribution is -0.134. The largest absolute Gasteiger partial charge is 0.338 e. The summed E-state index contributed by atoms with van der Waals surface area (Å²) < 4.78 is 0. The van der Waals surface area contributed by atoms with Crippen molar-refractivity contribution >= 4 is 17.5 Å². The number of amides is 1. The lowest BCUT2D eigenvalue weighted by Gasteiger charge is -2.30. The smallest absolute Gasteiger partial charge is 0.230 e. The average molecular weight is 294 g/mol. The molecule has 1 fully saturated rings. The van der Waals surface area contributed by atoms with E-state index in [1.54, 1.807) is 0 Å². The number of alkyl halides is 1. The summed E-state index contributed by atoms with van der Waals surface area (Å²) in [7, 11) is 0. The molecule has 2 atom stereocenters. The number of carbonyl (C=O) groups is 1. The van der Waals surface area contributed by atoms with Crippen LogP contribution in [0.25, 0.3) is 0 Å². The van der Waals surface area contributed by atoms with Crippen LogP contribution in [0.2, 0.25) is 0 Å². The minimum atomic E-state index is -0.0370. The van der Waals surface area contributed by atoms with Crippen molar-refractivity contribution in [2.75, 3.05) is 12.4 Å². The number of rotatable bonds is 7. The number of nitrogens with zero attached hydrogens (tertiary/aromatic N) is 1. The first-order valence-corrected chi connectivity index (χ1v) is 8.13. The molecule has 0 aromatic heterocycles. The molecule has 0 aliphatic heterocycles. The number of carbonyl (C=O) groups excluding carboxylic acids is 1. The van der Waals surface area contributed by atoms with E-state index in [0.29, 0.717) is 24.4 Å². The SMILES string of the molecule is CCC(C)C(C(=O)N(CCCl)C1CC1)c1ccccc1. The van der Waals surface area contributed by atoms with Gasteiger partial charge in [0.05, 0.1) is 5.92 Å². The zero-order valence-electron chi connectivity index (χ0n) is 12.4. The molecular formula is C17H24ClNO. The average Bonchev–Trinajstić information content (AvgIpc) is 3.30. The Morgan fingerprint density at radius 3 is 2.50 bits per heavy atom. The highest BCUT2D eigenvalue weighted by molar-refractivity contribution is 6.18. The Kier molecular flexibility index (Phi) is 5.47. The molecule has 0 spiro atoms. The van der Waals surface area contributed by atoms with E-state index in [1.165, 1.54) is 0 Å². The van der Waals surface area contributed by atoms with E-state index < -0.39 is 0 Å². The Morgan fingerprint density at radius 2 is 2.00 bits per heavy atom. The molecule has 0 heterocycles. The Balaban J connectivity index is 2.23. The normalized spacial score (nSPS) is 17.6. The molecule has 1 aromatic carbocycles. The van der Waals surface area contributed by atoms with Gasteiger partial charge in [-0.2, -0.15) is 0 Å². The van der Waals surface area contributed by atoms with Gasteiger partial charge >= 0.3 is 0 Å². The van der Waals surface area contributed by atoms with Gasteiger partial charge in [0.2, 0.25) is 5.91 Å². The fourth-order valence-electron chi connectivity index (χ4n) is 2.74. The zero-order valence-corrected chi connectivity index (χ0v) is 13.1. The molecule has 1 aliphatic carbocycles. The van der Waals surface area contributed by atoms with Crippen LogP contribution >= 0.6 is 11.6 Å². The van der Waals surface area contributed by atoms with Gasteiger partial charge in [-0.15, -0.1) is 11.6 Å².